The first-order chi connectivity index (χ1) is 9.38. The number of aryl methyl sites for hydroxylation is 2. The van der Waals surface area contributed by atoms with Crippen molar-refractivity contribution in [2.75, 3.05) is 11.1 Å². The number of carbonyl (C=O) groups is 1. The van der Waals surface area contributed by atoms with E-state index >= 15 is 0 Å². The van der Waals surface area contributed by atoms with Gasteiger partial charge in [0.25, 0.3) is 5.91 Å². The van der Waals surface area contributed by atoms with Gasteiger partial charge in [-0.05, 0) is 37.6 Å². The molecule has 0 fully saturated rings. The van der Waals surface area contributed by atoms with Gasteiger partial charge in [0.05, 0.1) is 33.9 Å². The normalized spacial score (nSPS) is 10.4. The summed E-state index contributed by atoms with van der Waals surface area (Å²) in [5, 5.41) is 3.67. The summed E-state index contributed by atoms with van der Waals surface area (Å²) >= 11 is 12.1. The van der Waals surface area contributed by atoms with Crippen LogP contribution in [0.5, 0.6) is 0 Å². The Kier molecular flexibility index (Phi) is 4.16. The van der Waals surface area contributed by atoms with Crippen LogP contribution in [0.15, 0.2) is 24.4 Å². The molecule has 0 unspecified atom stereocenters. The topological polar surface area (TPSA) is 68.0 Å². The molecule has 3 N–H and O–H groups in total. The monoisotopic (exact) mass is 309 g/mol. The van der Waals surface area contributed by atoms with Gasteiger partial charge < -0.3 is 11.1 Å². The molecule has 6 heteroatoms. The summed E-state index contributed by atoms with van der Waals surface area (Å²) in [6, 6.07) is 4.89. The van der Waals surface area contributed by atoms with Crippen LogP contribution in [0.2, 0.25) is 10.0 Å². The lowest BCUT2D eigenvalue weighted by atomic mass is 10.1. The van der Waals surface area contributed by atoms with Crippen molar-refractivity contribution < 1.29 is 4.79 Å². The van der Waals surface area contributed by atoms with E-state index in [2.05, 4.69) is 10.3 Å². The number of amides is 1. The Morgan fingerprint density at radius 3 is 2.60 bits per heavy atom. The van der Waals surface area contributed by atoms with Gasteiger partial charge in [0.1, 0.15) is 0 Å². The van der Waals surface area contributed by atoms with E-state index < -0.39 is 0 Å². The van der Waals surface area contributed by atoms with Gasteiger partial charge in [0.15, 0.2) is 0 Å². The molecule has 2 aromatic rings. The van der Waals surface area contributed by atoms with Gasteiger partial charge in [-0.25, -0.2) is 0 Å². The number of nitrogens with one attached hydrogen (secondary N) is 1. The van der Waals surface area contributed by atoms with Crippen molar-refractivity contribution in [3.63, 3.8) is 0 Å². The molecule has 1 amide bonds. The Morgan fingerprint density at radius 2 is 1.90 bits per heavy atom. The van der Waals surface area contributed by atoms with Crippen LogP contribution in [0.4, 0.5) is 11.4 Å². The van der Waals surface area contributed by atoms with E-state index in [1.807, 2.05) is 6.92 Å². The highest BCUT2D eigenvalue weighted by Gasteiger charge is 2.13. The fraction of sp³-hybridized carbons (Fsp3) is 0.143. The van der Waals surface area contributed by atoms with E-state index in [1.54, 1.807) is 25.1 Å². The van der Waals surface area contributed by atoms with Crippen LogP contribution in [-0.2, 0) is 0 Å². The largest absolute Gasteiger partial charge is 0.397 e. The van der Waals surface area contributed by atoms with Gasteiger partial charge in [-0.15, -0.1) is 0 Å². The second-order valence-corrected chi connectivity index (χ2v) is 5.25. The average molecular weight is 310 g/mol. The number of halogens is 2. The van der Waals surface area contributed by atoms with Crippen molar-refractivity contribution in [3.8, 4) is 0 Å². The zero-order valence-electron chi connectivity index (χ0n) is 11.0. The second kappa shape index (κ2) is 5.69. The van der Waals surface area contributed by atoms with E-state index in [9.17, 15) is 4.79 Å². The maximum atomic E-state index is 12.2. The lowest BCUT2D eigenvalue weighted by molar-refractivity contribution is 0.102. The minimum atomic E-state index is -0.330. The molecule has 0 radical (unpaired) electrons. The number of hydrogen-bond donors (Lipinski definition) is 2. The maximum absolute atomic E-state index is 12.2. The molecule has 0 saturated carbocycles. The molecule has 0 aliphatic carbocycles. The van der Waals surface area contributed by atoms with Gasteiger partial charge >= 0.3 is 0 Å². The van der Waals surface area contributed by atoms with Crippen LogP contribution in [-0.4, -0.2) is 10.9 Å². The molecule has 1 aromatic heterocycles. The molecule has 1 heterocycles. The third-order valence-electron chi connectivity index (χ3n) is 2.85. The molecule has 0 saturated heterocycles. The van der Waals surface area contributed by atoms with Gasteiger partial charge in [-0.2, -0.15) is 0 Å². The van der Waals surface area contributed by atoms with E-state index in [1.165, 1.54) is 6.20 Å². The quantitative estimate of drug-likeness (QED) is 0.885. The Hall–Kier alpha value is -1.78. The van der Waals surface area contributed by atoms with Crippen molar-refractivity contribution in [2.24, 2.45) is 0 Å². The zero-order chi connectivity index (χ0) is 14.9. The van der Waals surface area contributed by atoms with Gasteiger partial charge in [0.2, 0.25) is 0 Å². The second-order valence-electron chi connectivity index (χ2n) is 4.44. The highest BCUT2D eigenvalue weighted by atomic mass is 35.5. The highest BCUT2D eigenvalue weighted by molar-refractivity contribution is 6.36. The minimum absolute atomic E-state index is 0.330. The van der Waals surface area contributed by atoms with Gasteiger partial charge in [0, 0.05) is 5.02 Å². The Balaban J connectivity index is 2.32. The summed E-state index contributed by atoms with van der Waals surface area (Å²) in [6.45, 7) is 3.57. The molecule has 1 aromatic carbocycles. The van der Waals surface area contributed by atoms with Gasteiger partial charge in [-0.1, -0.05) is 23.2 Å². The minimum Gasteiger partial charge on any atom is -0.397 e. The van der Waals surface area contributed by atoms with Crippen molar-refractivity contribution in [2.45, 2.75) is 13.8 Å². The van der Waals surface area contributed by atoms with Crippen molar-refractivity contribution in [3.05, 3.63) is 51.3 Å². The predicted molar refractivity (Wildman–Crippen MR) is 82.5 cm³/mol. The van der Waals surface area contributed by atoms with Crippen LogP contribution in [0, 0.1) is 13.8 Å². The summed E-state index contributed by atoms with van der Waals surface area (Å²) in [7, 11) is 0. The summed E-state index contributed by atoms with van der Waals surface area (Å²) in [4.78, 5) is 16.3. The predicted octanol–water partition coefficient (Wildman–Crippen LogP) is 3.84. The molecule has 0 spiro atoms. The first-order valence-corrected chi connectivity index (χ1v) is 6.63. The number of carbonyl (C=O) groups excluding carboxylic acids is 1. The van der Waals surface area contributed by atoms with Crippen molar-refractivity contribution >= 4 is 40.5 Å². The van der Waals surface area contributed by atoms with Crippen molar-refractivity contribution in [1.82, 2.24) is 4.98 Å². The third kappa shape index (κ3) is 3.03. The number of nitrogen functional groups attached to an aromatic ring is 1. The summed E-state index contributed by atoms with van der Waals surface area (Å²) in [5.41, 5.74) is 8.35. The molecule has 104 valence electrons. The number of nitrogens with zero attached hydrogens (tertiary/aromatic N) is 1. The van der Waals surface area contributed by atoms with E-state index in [0.717, 1.165) is 5.56 Å². The molecule has 0 atom stereocenters. The Morgan fingerprint density at radius 1 is 1.20 bits per heavy atom. The molecule has 4 nitrogen and oxygen atoms in total. The molecule has 0 aliphatic heterocycles. The molecular weight excluding hydrogens is 297 g/mol. The number of nitrogens with two attached hydrogens (primary N) is 1. The van der Waals surface area contributed by atoms with Crippen LogP contribution in [0.25, 0.3) is 0 Å². The van der Waals surface area contributed by atoms with Crippen LogP contribution in [0.3, 0.4) is 0 Å². The summed E-state index contributed by atoms with van der Waals surface area (Å²) < 4.78 is 0. The van der Waals surface area contributed by atoms with Crippen LogP contribution >= 0.6 is 23.2 Å². The van der Waals surface area contributed by atoms with Crippen molar-refractivity contribution in [1.29, 1.82) is 0 Å². The van der Waals surface area contributed by atoms with Crippen LogP contribution < -0.4 is 11.1 Å². The number of aromatic nitrogens is 1. The van der Waals surface area contributed by atoms with Gasteiger partial charge in [-0.3, -0.25) is 9.78 Å². The number of pyridine rings is 1. The molecule has 20 heavy (non-hydrogen) atoms. The lowest BCUT2D eigenvalue weighted by Gasteiger charge is -2.11. The number of anilines is 2. The standard InChI is InChI=1S/C14H13Cl2N3O/c1-7-3-12(16)13(5-11(7)15)19-14(20)10-4-9(17)6-18-8(10)2/h3-6H,17H2,1-2H3,(H,19,20). The number of hydrogen-bond acceptors (Lipinski definition) is 3. The highest BCUT2D eigenvalue weighted by Crippen LogP contribution is 2.29. The smallest absolute Gasteiger partial charge is 0.257 e. The van der Waals surface area contributed by atoms with Crippen LogP contribution in [0.1, 0.15) is 21.6 Å². The average Bonchev–Trinajstić information content (AvgIpc) is 2.38. The number of benzene rings is 1. The summed E-state index contributed by atoms with van der Waals surface area (Å²) in [5.74, 6) is -0.330. The SMILES string of the molecule is Cc1cc(Cl)c(NC(=O)c2cc(N)cnc2C)cc1Cl. The van der Waals surface area contributed by atoms with E-state index in [0.29, 0.717) is 32.7 Å². The van der Waals surface area contributed by atoms with E-state index in [-0.39, 0.29) is 5.91 Å². The molecule has 0 bridgehead atoms. The number of rotatable bonds is 2. The molecular formula is C14H13Cl2N3O. The lowest BCUT2D eigenvalue weighted by Crippen LogP contribution is -2.15. The first-order valence-electron chi connectivity index (χ1n) is 5.87. The zero-order valence-corrected chi connectivity index (χ0v) is 12.5. The molecule has 2 rings (SSSR count). The van der Waals surface area contributed by atoms with E-state index in [4.69, 9.17) is 28.9 Å². The first kappa shape index (κ1) is 14.6. The Bertz CT molecular complexity index is 686. The third-order valence-corrected chi connectivity index (χ3v) is 3.57. The fourth-order valence-electron chi connectivity index (χ4n) is 1.71. The Labute approximate surface area is 126 Å². The maximum Gasteiger partial charge on any atom is 0.257 e. The summed E-state index contributed by atoms with van der Waals surface area (Å²) in [6.07, 6.45) is 1.50. The fourth-order valence-corrected chi connectivity index (χ4v) is 2.14. The molecule has 0 aliphatic rings.